The van der Waals surface area contributed by atoms with Crippen LogP contribution in [0.4, 0.5) is 0 Å². The standard InChI is InChI=1S/C16H33N/c1-4-7-10-14(6-3)16(17-13-5-2)15-11-8-9-12-15/h14-17H,4-13H2,1-3H3. The van der Waals surface area contributed by atoms with Gasteiger partial charge in [0.05, 0.1) is 0 Å². The molecule has 0 aliphatic heterocycles. The van der Waals surface area contributed by atoms with Gasteiger partial charge in [0, 0.05) is 6.04 Å². The molecule has 1 N–H and O–H groups in total. The minimum absolute atomic E-state index is 0.814. The maximum absolute atomic E-state index is 3.87. The molecule has 0 saturated heterocycles. The van der Waals surface area contributed by atoms with E-state index in [-0.39, 0.29) is 0 Å². The quantitative estimate of drug-likeness (QED) is 0.611. The van der Waals surface area contributed by atoms with Crippen molar-refractivity contribution in [3.05, 3.63) is 0 Å². The summed E-state index contributed by atoms with van der Waals surface area (Å²) in [6.45, 7) is 8.20. The molecule has 1 aliphatic rings. The van der Waals surface area contributed by atoms with Gasteiger partial charge in [0.2, 0.25) is 0 Å². The summed E-state index contributed by atoms with van der Waals surface area (Å²) < 4.78 is 0. The van der Waals surface area contributed by atoms with E-state index < -0.39 is 0 Å². The van der Waals surface area contributed by atoms with E-state index in [1.165, 1.54) is 64.3 Å². The number of hydrogen-bond acceptors (Lipinski definition) is 1. The van der Waals surface area contributed by atoms with E-state index in [0.717, 1.165) is 17.9 Å². The third-order valence-electron chi connectivity index (χ3n) is 4.50. The van der Waals surface area contributed by atoms with E-state index >= 15 is 0 Å². The van der Waals surface area contributed by atoms with Crippen LogP contribution in [0.15, 0.2) is 0 Å². The second-order valence-electron chi connectivity index (χ2n) is 5.84. The SMILES string of the molecule is CCCCC(CC)C(NCCC)C1CCCC1. The summed E-state index contributed by atoms with van der Waals surface area (Å²) in [4.78, 5) is 0. The van der Waals surface area contributed by atoms with Gasteiger partial charge in [-0.1, -0.05) is 52.9 Å². The van der Waals surface area contributed by atoms with Crippen LogP contribution in [0.5, 0.6) is 0 Å². The highest BCUT2D eigenvalue weighted by molar-refractivity contribution is 4.85. The Hall–Kier alpha value is -0.0400. The van der Waals surface area contributed by atoms with Crippen molar-refractivity contribution < 1.29 is 0 Å². The first-order valence-electron chi connectivity index (χ1n) is 8.06. The van der Waals surface area contributed by atoms with E-state index in [1.807, 2.05) is 0 Å². The Kier molecular flexibility index (Phi) is 7.92. The predicted octanol–water partition coefficient (Wildman–Crippen LogP) is 4.76. The topological polar surface area (TPSA) is 12.0 Å². The summed E-state index contributed by atoms with van der Waals surface area (Å²) in [5, 5.41) is 3.87. The Morgan fingerprint density at radius 1 is 1.06 bits per heavy atom. The maximum Gasteiger partial charge on any atom is 0.0123 e. The molecule has 0 amide bonds. The predicted molar refractivity (Wildman–Crippen MR) is 77.3 cm³/mol. The summed E-state index contributed by atoms with van der Waals surface area (Å²) in [5.41, 5.74) is 0. The number of nitrogens with one attached hydrogen (secondary N) is 1. The summed E-state index contributed by atoms with van der Waals surface area (Å²) in [6, 6.07) is 0.814. The third-order valence-corrected chi connectivity index (χ3v) is 4.50. The third kappa shape index (κ3) is 4.99. The lowest BCUT2D eigenvalue weighted by atomic mass is 9.82. The largest absolute Gasteiger partial charge is 0.313 e. The summed E-state index contributed by atoms with van der Waals surface area (Å²) in [7, 11) is 0. The van der Waals surface area contributed by atoms with Crippen LogP contribution in [0.2, 0.25) is 0 Å². The molecule has 2 unspecified atom stereocenters. The Balaban J connectivity index is 2.50. The highest BCUT2D eigenvalue weighted by atomic mass is 14.9. The second kappa shape index (κ2) is 8.97. The van der Waals surface area contributed by atoms with Crippen LogP contribution in [0.25, 0.3) is 0 Å². The molecule has 1 heteroatoms. The molecule has 0 aromatic carbocycles. The molecule has 0 aromatic rings. The first kappa shape index (κ1) is 15.0. The fraction of sp³-hybridized carbons (Fsp3) is 1.00. The van der Waals surface area contributed by atoms with Gasteiger partial charge in [-0.15, -0.1) is 0 Å². The van der Waals surface area contributed by atoms with Gasteiger partial charge in [0.1, 0.15) is 0 Å². The van der Waals surface area contributed by atoms with Crippen LogP contribution in [-0.4, -0.2) is 12.6 Å². The first-order valence-corrected chi connectivity index (χ1v) is 8.06. The van der Waals surface area contributed by atoms with Gasteiger partial charge < -0.3 is 5.32 Å². The molecule has 0 bridgehead atoms. The first-order chi connectivity index (χ1) is 8.33. The van der Waals surface area contributed by atoms with Crippen LogP contribution in [0, 0.1) is 11.8 Å². The van der Waals surface area contributed by atoms with Crippen molar-refractivity contribution in [2.45, 2.75) is 84.6 Å². The summed E-state index contributed by atoms with van der Waals surface area (Å²) in [6.07, 6.45) is 12.7. The van der Waals surface area contributed by atoms with Gasteiger partial charge in [0.25, 0.3) is 0 Å². The lowest BCUT2D eigenvalue weighted by molar-refractivity contribution is 0.237. The number of hydrogen-bond donors (Lipinski definition) is 1. The van der Waals surface area contributed by atoms with Crippen molar-refractivity contribution in [1.29, 1.82) is 0 Å². The Morgan fingerprint density at radius 3 is 2.29 bits per heavy atom. The fourth-order valence-electron chi connectivity index (χ4n) is 3.45. The molecular formula is C16H33N. The Bertz CT molecular complexity index is 172. The fourth-order valence-corrected chi connectivity index (χ4v) is 3.45. The van der Waals surface area contributed by atoms with Crippen molar-refractivity contribution in [1.82, 2.24) is 5.32 Å². The molecule has 0 spiro atoms. The second-order valence-corrected chi connectivity index (χ2v) is 5.84. The van der Waals surface area contributed by atoms with Crippen molar-refractivity contribution >= 4 is 0 Å². The van der Waals surface area contributed by atoms with Gasteiger partial charge in [-0.05, 0) is 44.1 Å². The molecule has 2 atom stereocenters. The van der Waals surface area contributed by atoms with Crippen LogP contribution in [-0.2, 0) is 0 Å². The highest BCUT2D eigenvalue weighted by Gasteiger charge is 2.29. The zero-order chi connectivity index (χ0) is 12.5. The summed E-state index contributed by atoms with van der Waals surface area (Å²) >= 11 is 0. The normalized spacial score (nSPS) is 20.6. The smallest absolute Gasteiger partial charge is 0.0123 e. The van der Waals surface area contributed by atoms with Crippen LogP contribution < -0.4 is 5.32 Å². The Morgan fingerprint density at radius 2 is 1.76 bits per heavy atom. The monoisotopic (exact) mass is 239 g/mol. The summed E-state index contributed by atoms with van der Waals surface area (Å²) in [5.74, 6) is 1.90. The molecular weight excluding hydrogens is 206 g/mol. The van der Waals surface area contributed by atoms with Gasteiger partial charge in [-0.2, -0.15) is 0 Å². The van der Waals surface area contributed by atoms with Crippen LogP contribution >= 0.6 is 0 Å². The molecule has 102 valence electrons. The van der Waals surface area contributed by atoms with Crippen LogP contribution in [0.1, 0.15) is 78.6 Å². The van der Waals surface area contributed by atoms with E-state index in [9.17, 15) is 0 Å². The van der Waals surface area contributed by atoms with Crippen molar-refractivity contribution in [2.75, 3.05) is 6.54 Å². The number of rotatable bonds is 9. The molecule has 0 radical (unpaired) electrons. The lowest BCUT2D eigenvalue weighted by Gasteiger charge is -2.32. The average molecular weight is 239 g/mol. The zero-order valence-electron chi connectivity index (χ0n) is 12.3. The van der Waals surface area contributed by atoms with Gasteiger partial charge >= 0.3 is 0 Å². The average Bonchev–Trinajstić information content (AvgIpc) is 2.87. The highest BCUT2D eigenvalue weighted by Crippen LogP contribution is 2.33. The van der Waals surface area contributed by atoms with Gasteiger partial charge in [-0.3, -0.25) is 0 Å². The molecule has 1 fully saturated rings. The number of unbranched alkanes of at least 4 members (excludes halogenated alkanes) is 1. The minimum atomic E-state index is 0.814. The zero-order valence-corrected chi connectivity index (χ0v) is 12.3. The molecule has 1 nitrogen and oxygen atoms in total. The molecule has 1 saturated carbocycles. The van der Waals surface area contributed by atoms with Crippen molar-refractivity contribution in [3.63, 3.8) is 0 Å². The molecule has 17 heavy (non-hydrogen) atoms. The Labute approximate surface area is 109 Å². The van der Waals surface area contributed by atoms with Gasteiger partial charge in [-0.25, -0.2) is 0 Å². The van der Waals surface area contributed by atoms with Crippen molar-refractivity contribution in [2.24, 2.45) is 11.8 Å². The van der Waals surface area contributed by atoms with E-state index in [1.54, 1.807) is 0 Å². The van der Waals surface area contributed by atoms with Crippen LogP contribution in [0.3, 0.4) is 0 Å². The van der Waals surface area contributed by atoms with Gasteiger partial charge in [0.15, 0.2) is 0 Å². The molecule has 1 rings (SSSR count). The molecule has 1 aliphatic carbocycles. The van der Waals surface area contributed by atoms with E-state index in [0.29, 0.717) is 0 Å². The molecule has 0 heterocycles. The van der Waals surface area contributed by atoms with Crippen molar-refractivity contribution in [3.8, 4) is 0 Å². The lowest BCUT2D eigenvalue weighted by Crippen LogP contribution is -2.41. The minimum Gasteiger partial charge on any atom is -0.313 e. The molecule has 0 aromatic heterocycles. The van der Waals surface area contributed by atoms with E-state index in [2.05, 4.69) is 26.1 Å². The maximum atomic E-state index is 3.87. The van der Waals surface area contributed by atoms with E-state index in [4.69, 9.17) is 0 Å².